The van der Waals surface area contributed by atoms with E-state index in [1.807, 2.05) is 12.1 Å². The highest BCUT2D eigenvalue weighted by atomic mass is 79.9. The van der Waals surface area contributed by atoms with Crippen molar-refractivity contribution in [2.75, 3.05) is 7.11 Å². The fraction of sp³-hybridized carbons (Fsp3) is 0.600. The van der Waals surface area contributed by atoms with E-state index < -0.39 is 0 Å². The molecule has 1 aromatic carbocycles. The summed E-state index contributed by atoms with van der Waals surface area (Å²) < 4.78 is 6.59. The van der Waals surface area contributed by atoms with Gasteiger partial charge in [-0.05, 0) is 43.9 Å². The lowest BCUT2D eigenvalue weighted by Crippen LogP contribution is -2.42. The fourth-order valence-corrected chi connectivity index (χ4v) is 4.35. The molecule has 2 fully saturated rings. The van der Waals surface area contributed by atoms with Crippen molar-refractivity contribution in [3.63, 3.8) is 0 Å². The van der Waals surface area contributed by atoms with Crippen molar-refractivity contribution in [1.29, 1.82) is 0 Å². The van der Waals surface area contributed by atoms with Crippen LogP contribution in [0.25, 0.3) is 0 Å². The maximum atomic E-state index is 6.34. The molecule has 0 spiro atoms. The van der Waals surface area contributed by atoms with Crippen molar-refractivity contribution in [2.45, 2.75) is 49.7 Å². The SMILES string of the molecule is COc1ccc(Br)cc1CN1C2CCC1CC(Cl)C2. The van der Waals surface area contributed by atoms with Crippen LogP contribution in [0.15, 0.2) is 22.7 Å². The van der Waals surface area contributed by atoms with Crippen LogP contribution in [0.1, 0.15) is 31.2 Å². The van der Waals surface area contributed by atoms with Crippen molar-refractivity contribution in [1.82, 2.24) is 4.90 Å². The molecule has 2 atom stereocenters. The van der Waals surface area contributed by atoms with E-state index in [1.54, 1.807) is 7.11 Å². The molecule has 2 heterocycles. The first-order valence-electron chi connectivity index (χ1n) is 6.89. The third kappa shape index (κ3) is 2.79. The van der Waals surface area contributed by atoms with Gasteiger partial charge in [-0.25, -0.2) is 0 Å². The summed E-state index contributed by atoms with van der Waals surface area (Å²) in [5.41, 5.74) is 1.27. The highest BCUT2D eigenvalue weighted by molar-refractivity contribution is 9.10. The van der Waals surface area contributed by atoms with Gasteiger partial charge in [-0.1, -0.05) is 15.9 Å². The Bertz CT molecular complexity index is 453. The van der Waals surface area contributed by atoms with Crippen LogP contribution in [-0.4, -0.2) is 29.5 Å². The van der Waals surface area contributed by atoms with Gasteiger partial charge < -0.3 is 4.74 Å². The third-order valence-electron chi connectivity index (χ3n) is 4.42. The normalized spacial score (nSPS) is 30.6. The lowest BCUT2D eigenvalue weighted by molar-refractivity contribution is 0.133. The van der Waals surface area contributed by atoms with Gasteiger partial charge >= 0.3 is 0 Å². The maximum absolute atomic E-state index is 6.34. The summed E-state index contributed by atoms with van der Waals surface area (Å²) in [7, 11) is 1.74. The van der Waals surface area contributed by atoms with Crippen molar-refractivity contribution >= 4 is 27.5 Å². The van der Waals surface area contributed by atoms with E-state index in [4.69, 9.17) is 16.3 Å². The lowest BCUT2D eigenvalue weighted by Gasteiger charge is -2.37. The Morgan fingerprint density at radius 1 is 1.32 bits per heavy atom. The van der Waals surface area contributed by atoms with E-state index in [0.29, 0.717) is 17.5 Å². The van der Waals surface area contributed by atoms with E-state index in [9.17, 15) is 0 Å². The van der Waals surface area contributed by atoms with Gasteiger partial charge in [0.05, 0.1) is 7.11 Å². The second-order valence-electron chi connectivity index (χ2n) is 5.58. The predicted molar refractivity (Wildman–Crippen MR) is 81.9 cm³/mol. The molecule has 104 valence electrons. The number of alkyl halides is 1. The molecule has 0 radical (unpaired) electrons. The molecule has 0 aromatic heterocycles. The number of piperidine rings is 1. The Labute approximate surface area is 128 Å². The first-order valence-corrected chi connectivity index (χ1v) is 8.12. The Morgan fingerprint density at radius 2 is 2.00 bits per heavy atom. The minimum Gasteiger partial charge on any atom is -0.496 e. The zero-order chi connectivity index (χ0) is 13.4. The zero-order valence-corrected chi connectivity index (χ0v) is 13.5. The van der Waals surface area contributed by atoms with Crippen molar-refractivity contribution < 1.29 is 4.74 Å². The minimum absolute atomic E-state index is 0.373. The Hall–Kier alpha value is -0.250. The highest BCUT2D eigenvalue weighted by Gasteiger charge is 2.40. The predicted octanol–water partition coefficient (Wildman–Crippen LogP) is 4.19. The van der Waals surface area contributed by atoms with Gasteiger partial charge in [0.1, 0.15) is 5.75 Å². The van der Waals surface area contributed by atoms with Gasteiger partial charge in [-0.15, -0.1) is 11.6 Å². The molecule has 2 unspecified atom stereocenters. The molecule has 2 aliphatic rings. The maximum Gasteiger partial charge on any atom is 0.123 e. The van der Waals surface area contributed by atoms with Crippen LogP contribution in [0.2, 0.25) is 0 Å². The molecule has 2 saturated heterocycles. The van der Waals surface area contributed by atoms with Crippen LogP contribution in [0, 0.1) is 0 Å². The lowest BCUT2D eigenvalue weighted by atomic mass is 10.0. The summed E-state index contributed by atoms with van der Waals surface area (Å²) in [4.78, 5) is 2.63. The number of fused-ring (bicyclic) bond motifs is 2. The van der Waals surface area contributed by atoms with Gasteiger partial charge in [0.2, 0.25) is 0 Å². The van der Waals surface area contributed by atoms with Crippen molar-refractivity contribution in [3.8, 4) is 5.75 Å². The van der Waals surface area contributed by atoms with Gasteiger partial charge in [-0.2, -0.15) is 0 Å². The average Bonchev–Trinajstić information content (AvgIpc) is 2.62. The van der Waals surface area contributed by atoms with Crippen LogP contribution in [-0.2, 0) is 6.54 Å². The second kappa shape index (κ2) is 5.63. The molecule has 0 N–H and O–H groups in total. The molecule has 2 aliphatic heterocycles. The van der Waals surface area contributed by atoms with Gasteiger partial charge in [0, 0.05) is 34.0 Å². The number of benzene rings is 1. The Morgan fingerprint density at radius 3 is 2.63 bits per heavy atom. The van der Waals surface area contributed by atoms with E-state index in [2.05, 4.69) is 26.9 Å². The number of hydrogen-bond donors (Lipinski definition) is 0. The Balaban J connectivity index is 1.80. The quantitative estimate of drug-likeness (QED) is 0.762. The van der Waals surface area contributed by atoms with Crippen molar-refractivity contribution in [3.05, 3.63) is 28.2 Å². The third-order valence-corrected chi connectivity index (χ3v) is 5.27. The average molecular weight is 345 g/mol. The molecular formula is C15H19BrClNO. The first-order chi connectivity index (χ1) is 9.17. The summed E-state index contributed by atoms with van der Waals surface area (Å²) in [5.74, 6) is 0.982. The number of nitrogens with zero attached hydrogens (tertiary/aromatic N) is 1. The van der Waals surface area contributed by atoms with Crippen LogP contribution in [0.4, 0.5) is 0 Å². The summed E-state index contributed by atoms with van der Waals surface area (Å²) >= 11 is 9.89. The largest absolute Gasteiger partial charge is 0.496 e. The molecule has 4 heteroatoms. The van der Waals surface area contributed by atoms with E-state index in [0.717, 1.165) is 29.6 Å². The molecule has 0 amide bonds. The summed E-state index contributed by atoms with van der Waals surface area (Å²) in [6, 6.07) is 7.55. The van der Waals surface area contributed by atoms with E-state index in [1.165, 1.54) is 18.4 Å². The molecule has 1 aromatic rings. The molecular weight excluding hydrogens is 326 g/mol. The van der Waals surface area contributed by atoms with Crippen LogP contribution >= 0.6 is 27.5 Å². The zero-order valence-electron chi connectivity index (χ0n) is 11.1. The first kappa shape index (κ1) is 13.7. The second-order valence-corrected chi connectivity index (χ2v) is 7.12. The van der Waals surface area contributed by atoms with E-state index >= 15 is 0 Å². The summed E-state index contributed by atoms with van der Waals surface area (Å²) in [5, 5.41) is 0.373. The number of ether oxygens (including phenoxy) is 1. The number of hydrogen-bond acceptors (Lipinski definition) is 2. The highest BCUT2D eigenvalue weighted by Crippen LogP contribution is 2.39. The molecule has 19 heavy (non-hydrogen) atoms. The molecule has 3 rings (SSSR count). The summed E-state index contributed by atoms with van der Waals surface area (Å²) in [6.07, 6.45) is 4.86. The monoisotopic (exact) mass is 343 g/mol. The Kier molecular flexibility index (Phi) is 4.06. The standard InChI is InChI=1S/C15H19BrClNO/c1-19-15-5-2-11(16)6-10(15)9-18-13-3-4-14(18)8-12(17)7-13/h2,5-6,12-14H,3-4,7-9H2,1H3. The van der Waals surface area contributed by atoms with Gasteiger partial charge in [-0.3, -0.25) is 4.90 Å². The number of rotatable bonds is 3. The smallest absolute Gasteiger partial charge is 0.123 e. The van der Waals surface area contributed by atoms with Gasteiger partial charge in [0.25, 0.3) is 0 Å². The molecule has 0 saturated carbocycles. The fourth-order valence-electron chi connectivity index (χ4n) is 3.53. The van der Waals surface area contributed by atoms with Crippen molar-refractivity contribution in [2.24, 2.45) is 0 Å². The molecule has 2 bridgehead atoms. The molecule has 2 nitrogen and oxygen atoms in total. The molecule has 0 aliphatic carbocycles. The topological polar surface area (TPSA) is 12.5 Å². The number of halogens is 2. The van der Waals surface area contributed by atoms with E-state index in [-0.39, 0.29) is 0 Å². The van der Waals surface area contributed by atoms with Crippen LogP contribution in [0.5, 0.6) is 5.75 Å². The minimum atomic E-state index is 0.373. The van der Waals surface area contributed by atoms with Crippen LogP contribution < -0.4 is 4.74 Å². The summed E-state index contributed by atoms with van der Waals surface area (Å²) in [6.45, 7) is 0.974. The van der Waals surface area contributed by atoms with Crippen LogP contribution in [0.3, 0.4) is 0 Å². The van der Waals surface area contributed by atoms with Gasteiger partial charge in [0.15, 0.2) is 0 Å². The number of methoxy groups -OCH3 is 1.